The Morgan fingerprint density at radius 2 is 1.47 bits per heavy atom. The van der Waals surface area contributed by atoms with Gasteiger partial charge < -0.3 is 18.9 Å². The lowest BCUT2D eigenvalue weighted by molar-refractivity contribution is -0.164. The first-order valence-corrected chi connectivity index (χ1v) is 11.9. The van der Waals surface area contributed by atoms with Crippen molar-refractivity contribution in [3.63, 3.8) is 0 Å². The Morgan fingerprint density at radius 1 is 0.889 bits per heavy atom. The van der Waals surface area contributed by atoms with Crippen LogP contribution < -0.4 is 0 Å². The summed E-state index contributed by atoms with van der Waals surface area (Å²) >= 11 is 0. The van der Waals surface area contributed by atoms with Crippen LogP contribution in [0.2, 0.25) is 0 Å². The van der Waals surface area contributed by atoms with E-state index in [1.54, 1.807) is 58.9 Å². The van der Waals surface area contributed by atoms with Gasteiger partial charge in [-0.3, -0.25) is 9.69 Å². The van der Waals surface area contributed by atoms with Crippen LogP contribution in [0, 0.1) is 0 Å². The topological polar surface area (TPSA) is 91.4 Å². The largest absolute Gasteiger partial charge is 0.466 e. The molecule has 1 amide bonds. The molecule has 2 aromatic rings. The number of ether oxygens (including phenoxy) is 4. The van der Waals surface area contributed by atoms with E-state index in [2.05, 4.69) is 0 Å². The molecular weight excluding hydrogens is 462 g/mol. The lowest BCUT2D eigenvalue weighted by Gasteiger charge is -2.40. The van der Waals surface area contributed by atoms with Gasteiger partial charge in [0.05, 0.1) is 12.5 Å². The Morgan fingerprint density at radius 3 is 2.00 bits per heavy atom. The molecule has 0 bridgehead atoms. The van der Waals surface area contributed by atoms with Crippen LogP contribution in [0.15, 0.2) is 60.7 Å². The monoisotopic (exact) mass is 499 g/mol. The molecule has 0 aliphatic heterocycles. The molecule has 0 aliphatic carbocycles. The normalized spacial score (nSPS) is 13.7. The number of amides is 1. The Balaban J connectivity index is 2.51. The van der Waals surface area contributed by atoms with Crippen LogP contribution in [0.25, 0.3) is 0 Å². The molecule has 0 spiro atoms. The van der Waals surface area contributed by atoms with Gasteiger partial charge in [0.25, 0.3) is 0 Å². The summed E-state index contributed by atoms with van der Waals surface area (Å²) in [5.74, 6) is -2.05. The third kappa shape index (κ3) is 8.09. The number of carbonyl (C=O) groups is 3. The molecule has 0 N–H and O–H groups in total. The first-order chi connectivity index (χ1) is 17.0. The predicted molar refractivity (Wildman–Crippen MR) is 135 cm³/mol. The minimum absolute atomic E-state index is 0.000185. The predicted octanol–water partition coefficient (Wildman–Crippen LogP) is 5.07. The molecule has 2 atom stereocenters. The Hall–Kier alpha value is -3.39. The smallest absolute Gasteiger partial charge is 0.413 e. The van der Waals surface area contributed by atoms with Gasteiger partial charge in [0.2, 0.25) is 0 Å². The second-order valence-corrected chi connectivity index (χ2v) is 9.58. The van der Waals surface area contributed by atoms with Gasteiger partial charge in [-0.2, -0.15) is 0 Å². The second-order valence-electron chi connectivity index (χ2n) is 9.58. The van der Waals surface area contributed by atoms with Crippen molar-refractivity contribution in [2.75, 3.05) is 20.4 Å². The van der Waals surface area contributed by atoms with Gasteiger partial charge in [0.1, 0.15) is 24.5 Å². The maximum Gasteiger partial charge on any atom is 0.413 e. The molecule has 0 aromatic heterocycles. The molecule has 196 valence electrons. The number of rotatable bonds is 11. The second kappa shape index (κ2) is 13.1. The molecule has 36 heavy (non-hydrogen) atoms. The van der Waals surface area contributed by atoms with Gasteiger partial charge in [0.15, 0.2) is 0 Å². The standard InChI is InChI=1S/C28H37NO7/c1-7-34-24(30)23(22-16-12-9-13-17-22)18-28(5,25(31)35-19-21-14-10-8-11-15-21)29(20-33-6)26(32)36-27(2,3)4/h8-17,23H,7,18-20H2,1-6H3/t23-,28-/m1/s1. The first kappa shape index (κ1) is 28.8. The van der Waals surface area contributed by atoms with Gasteiger partial charge in [-0.15, -0.1) is 0 Å². The highest BCUT2D eigenvalue weighted by Crippen LogP contribution is 2.34. The molecule has 0 unspecified atom stereocenters. The fourth-order valence-corrected chi connectivity index (χ4v) is 3.69. The van der Waals surface area contributed by atoms with E-state index in [4.69, 9.17) is 18.9 Å². The van der Waals surface area contributed by atoms with Gasteiger partial charge in [-0.05, 0) is 52.2 Å². The minimum Gasteiger partial charge on any atom is -0.466 e. The number of esters is 2. The van der Waals surface area contributed by atoms with Gasteiger partial charge in [-0.25, -0.2) is 9.59 Å². The van der Waals surface area contributed by atoms with Crippen molar-refractivity contribution >= 4 is 18.0 Å². The van der Waals surface area contributed by atoms with Crippen molar-refractivity contribution in [2.24, 2.45) is 0 Å². The Bertz CT molecular complexity index is 988. The SMILES string of the molecule is CCOC(=O)[C@H](C[C@](C)(C(=O)OCc1ccccc1)N(COC)C(=O)OC(C)(C)C)c1ccccc1. The number of methoxy groups -OCH3 is 1. The average Bonchev–Trinajstić information content (AvgIpc) is 2.84. The molecule has 8 heteroatoms. The molecule has 0 saturated carbocycles. The summed E-state index contributed by atoms with van der Waals surface area (Å²) in [4.78, 5) is 41.2. The van der Waals surface area contributed by atoms with Gasteiger partial charge in [0, 0.05) is 7.11 Å². The number of nitrogens with zero attached hydrogens (tertiary/aromatic N) is 1. The van der Waals surface area contributed by atoms with Crippen molar-refractivity contribution in [1.29, 1.82) is 0 Å². The summed E-state index contributed by atoms with van der Waals surface area (Å²) < 4.78 is 21.9. The molecule has 0 radical (unpaired) electrons. The molecule has 0 aliphatic rings. The number of carbonyl (C=O) groups excluding carboxylic acids is 3. The maximum absolute atomic E-state index is 13.7. The number of hydrogen-bond donors (Lipinski definition) is 0. The van der Waals surface area contributed by atoms with E-state index in [1.165, 1.54) is 12.0 Å². The van der Waals surface area contributed by atoms with E-state index in [1.807, 2.05) is 36.4 Å². The number of benzene rings is 2. The van der Waals surface area contributed by atoms with Crippen LogP contribution in [0.3, 0.4) is 0 Å². The molecule has 0 fully saturated rings. The molecule has 8 nitrogen and oxygen atoms in total. The third-order valence-corrected chi connectivity index (χ3v) is 5.49. The summed E-state index contributed by atoms with van der Waals surface area (Å²) in [6.45, 7) is 8.37. The molecule has 2 rings (SSSR count). The van der Waals surface area contributed by atoms with Crippen molar-refractivity contribution in [3.05, 3.63) is 71.8 Å². The van der Waals surface area contributed by atoms with Crippen LogP contribution in [-0.2, 0) is 35.1 Å². The fraction of sp³-hybridized carbons (Fsp3) is 0.464. The average molecular weight is 500 g/mol. The summed E-state index contributed by atoms with van der Waals surface area (Å²) in [6.07, 6.45) is -0.870. The maximum atomic E-state index is 13.7. The molecule has 0 heterocycles. The minimum atomic E-state index is -1.62. The van der Waals surface area contributed by atoms with E-state index >= 15 is 0 Å². The summed E-state index contributed by atoms with van der Waals surface area (Å²) in [7, 11) is 1.41. The van der Waals surface area contributed by atoms with Gasteiger partial charge in [-0.1, -0.05) is 60.7 Å². The summed E-state index contributed by atoms with van der Waals surface area (Å²) in [5, 5.41) is 0. The molecular formula is C28H37NO7. The van der Waals surface area contributed by atoms with Crippen LogP contribution in [0.1, 0.15) is 58.1 Å². The van der Waals surface area contributed by atoms with Crippen LogP contribution in [0.4, 0.5) is 4.79 Å². The summed E-state index contributed by atoms with van der Waals surface area (Å²) in [6, 6.07) is 18.2. The van der Waals surface area contributed by atoms with Crippen molar-refractivity contribution in [2.45, 2.75) is 64.7 Å². The van der Waals surface area contributed by atoms with Crippen LogP contribution in [0.5, 0.6) is 0 Å². The third-order valence-electron chi connectivity index (χ3n) is 5.49. The fourth-order valence-electron chi connectivity index (χ4n) is 3.69. The zero-order chi connectivity index (χ0) is 26.8. The molecule has 2 aromatic carbocycles. The highest BCUT2D eigenvalue weighted by molar-refractivity contribution is 5.87. The van der Waals surface area contributed by atoms with Crippen molar-refractivity contribution < 1.29 is 33.3 Å². The Kier molecular flexibility index (Phi) is 10.5. The number of hydrogen-bond acceptors (Lipinski definition) is 7. The zero-order valence-electron chi connectivity index (χ0n) is 22.0. The van der Waals surface area contributed by atoms with E-state index in [9.17, 15) is 14.4 Å². The molecule has 0 saturated heterocycles. The van der Waals surface area contributed by atoms with E-state index < -0.39 is 35.1 Å². The highest BCUT2D eigenvalue weighted by Gasteiger charge is 2.48. The van der Waals surface area contributed by atoms with Crippen molar-refractivity contribution in [1.82, 2.24) is 4.90 Å². The Labute approximate surface area is 213 Å². The summed E-state index contributed by atoms with van der Waals surface area (Å²) in [5.41, 5.74) is -1.01. The van der Waals surface area contributed by atoms with Gasteiger partial charge >= 0.3 is 18.0 Å². The van der Waals surface area contributed by atoms with Crippen LogP contribution in [-0.4, -0.2) is 54.5 Å². The lowest BCUT2D eigenvalue weighted by atomic mass is 9.83. The van der Waals surface area contributed by atoms with E-state index in [0.29, 0.717) is 5.56 Å². The van der Waals surface area contributed by atoms with Crippen LogP contribution >= 0.6 is 0 Å². The van der Waals surface area contributed by atoms with E-state index in [-0.39, 0.29) is 26.4 Å². The van der Waals surface area contributed by atoms with Crippen molar-refractivity contribution in [3.8, 4) is 0 Å². The van der Waals surface area contributed by atoms with E-state index in [0.717, 1.165) is 5.56 Å². The quantitative estimate of drug-likeness (QED) is 0.242. The highest BCUT2D eigenvalue weighted by atomic mass is 16.6. The zero-order valence-corrected chi connectivity index (χ0v) is 22.0. The lowest BCUT2D eigenvalue weighted by Crippen LogP contribution is -2.58. The first-order valence-electron chi connectivity index (χ1n) is 11.9.